The molecule has 2 aliphatic carbocycles. The molecule has 3 heteroatoms. The van der Waals surface area contributed by atoms with Crippen LogP contribution in [0.25, 0.3) is 75.2 Å². The van der Waals surface area contributed by atoms with Gasteiger partial charge in [0.05, 0.1) is 22.1 Å². The van der Waals surface area contributed by atoms with Gasteiger partial charge in [-0.15, -0.1) is 11.3 Å². The molecule has 0 N–H and O–H groups in total. The van der Waals surface area contributed by atoms with Gasteiger partial charge in [-0.25, -0.2) is 0 Å². The van der Waals surface area contributed by atoms with Gasteiger partial charge in [-0.1, -0.05) is 164 Å². The number of hydrogen-bond donors (Lipinski definition) is 0. The first kappa shape index (κ1) is 40.0. The van der Waals surface area contributed by atoms with Crippen LogP contribution in [-0.4, -0.2) is 9.13 Å². The Labute approximate surface area is 372 Å². The van der Waals surface area contributed by atoms with Crippen molar-refractivity contribution >= 4 is 75.1 Å². The summed E-state index contributed by atoms with van der Waals surface area (Å²) >= 11 is 1.95. The molecule has 2 saturated carbocycles. The minimum atomic E-state index is 0.161. The molecule has 2 nitrogen and oxygen atoms in total. The molecule has 316 valence electrons. The quantitative estimate of drug-likeness (QED) is 0.163. The molecule has 6 aromatic carbocycles. The molecule has 0 atom stereocenters. The van der Waals surface area contributed by atoms with E-state index in [4.69, 9.17) is 0 Å². The third-order valence-corrected chi connectivity index (χ3v) is 16.9. The Morgan fingerprint density at radius 2 is 0.823 bits per heavy atom. The topological polar surface area (TPSA) is 9.86 Å². The van der Waals surface area contributed by atoms with Crippen molar-refractivity contribution in [1.29, 1.82) is 0 Å². The molecular formula is C59H64N2S. The highest BCUT2D eigenvalue weighted by Crippen LogP contribution is 2.45. The fourth-order valence-electron chi connectivity index (χ4n) is 12.1. The molecule has 11 rings (SSSR count). The van der Waals surface area contributed by atoms with Gasteiger partial charge in [-0.2, -0.15) is 0 Å². The van der Waals surface area contributed by atoms with Gasteiger partial charge >= 0.3 is 0 Å². The molecule has 0 unspecified atom stereocenters. The molecule has 3 aromatic heterocycles. The van der Waals surface area contributed by atoms with Crippen LogP contribution in [0.15, 0.2) is 121 Å². The fraction of sp³-hybridized carbons (Fsp3) is 0.390. The monoisotopic (exact) mass is 832 g/mol. The lowest BCUT2D eigenvalue weighted by Crippen LogP contribution is -2.29. The molecule has 0 aliphatic heterocycles. The van der Waals surface area contributed by atoms with Gasteiger partial charge in [0.1, 0.15) is 0 Å². The summed E-state index contributed by atoms with van der Waals surface area (Å²) in [7, 11) is 0. The maximum atomic E-state index is 2.53. The second-order valence-electron chi connectivity index (χ2n) is 19.9. The van der Waals surface area contributed by atoms with Crippen LogP contribution in [0.3, 0.4) is 0 Å². The van der Waals surface area contributed by atoms with Gasteiger partial charge < -0.3 is 9.13 Å². The Morgan fingerprint density at radius 1 is 0.403 bits per heavy atom. The molecule has 9 aromatic rings. The largest absolute Gasteiger partial charge is 0.309 e. The number of benzene rings is 6. The standard InChI is InChI=1S/C59H64N2S/c1-59(2,43-23-15-11-7-8-12-16-24-43)44-31-35-46(36-32-44)61-54-28-20-18-26-48(54)50-40-58-52(38-56(50)61)51-37-55-49(39-57(51)62-58)47-25-17-19-27-53(47)60(55)45-33-29-42(30-34-45)41-21-13-9-5-3-4-6-10-14-22-41/h17-20,25-41,43H,3-16,21-24H2,1-2H3. The van der Waals surface area contributed by atoms with E-state index in [9.17, 15) is 0 Å². The van der Waals surface area contributed by atoms with Crippen molar-refractivity contribution in [3.8, 4) is 11.4 Å². The van der Waals surface area contributed by atoms with Crippen LogP contribution >= 0.6 is 11.3 Å². The summed E-state index contributed by atoms with van der Waals surface area (Å²) in [5.41, 5.74) is 10.8. The number of para-hydroxylation sites is 2. The Morgan fingerprint density at radius 3 is 1.31 bits per heavy atom. The van der Waals surface area contributed by atoms with E-state index < -0.39 is 0 Å². The predicted molar refractivity (Wildman–Crippen MR) is 270 cm³/mol. The number of hydrogen-bond acceptors (Lipinski definition) is 1. The molecular weight excluding hydrogens is 769 g/mol. The molecule has 0 spiro atoms. The summed E-state index contributed by atoms with van der Waals surface area (Å²) in [5, 5.41) is 8.02. The molecule has 62 heavy (non-hydrogen) atoms. The fourth-order valence-corrected chi connectivity index (χ4v) is 13.2. The van der Waals surface area contributed by atoms with Gasteiger partial charge in [-0.05, 0) is 115 Å². The van der Waals surface area contributed by atoms with Crippen molar-refractivity contribution in [3.63, 3.8) is 0 Å². The predicted octanol–water partition coefficient (Wildman–Crippen LogP) is 18.3. The first-order chi connectivity index (χ1) is 30.5. The molecule has 0 saturated heterocycles. The van der Waals surface area contributed by atoms with Crippen LogP contribution in [0, 0.1) is 5.92 Å². The lowest BCUT2D eigenvalue weighted by molar-refractivity contribution is 0.270. The Balaban J connectivity index is 1.01. The first-order valence-electron chi connectivity index (χ1n) is 24.6. The van der Waals surface area contributed by atoms with E-state index in [0.29, 0.717) is 5.92 Å². The normalized spacial score (nSPS) is 17.5. The zero-order valence-electron chi connectivity index (χ0n) is 37.2. The average Bonchev–Trinajstić information content (AvgIpc) is 3.95. The molecule has 3 heterocycles. The van der Waals surface area contributed by atoms with Crippen molar-refractivity contribution in [1.82, 2.24) is 9.13 Å². The lowest BCUT2D eigenvalue weighted by atomic mass is 9.69. The molecule has 0 radical (unpaired) electrons. The summed E-state index contributed by atoms with van der Waals surface area (Å²) in [6.07, 6.45) is 24.9. The van der Waals surface area contributed by atoms with Gasteiger partial charge in [0.15, 0.2) is 0 Å². The summed E-state index contributed by atoms with van der Waals surface area (Å²) in [4.78, 5) is 0. The van der Waals surface area contributed by atoms with E-state index >= 15 is 0 Å². The maximum Gasteiger partial charge on any atom is 0.0548 e. The van der Waals surface area contributed by atoms with Gasteiger partial charge in [0, 0.05) is 53.1 Å². The third kappa shape index (κ3) is 7.27. The zero-order valence-corrected chi connectivity index (χ0v) is 38.0. The van der Waals surface area contributed by atoms with Crippen molar-refractivity contribution in [2.24, 2.45) is 5.92 Å². The number of nitrogens with zero attached hydrogens (tertiary/aromatic N) is 2. The van der Waals surface area contributed by atoms with Crippen LogP contribution < -0.4 is 0 Å². The minimum absolute atomic E-state index is 0.161. The summed E-state index contributed by atoms with van der Waals surface area (Å²) in [6, 6.07) is 47.5. The summed E-state index contributed by atoms with van der Waals surface area (Å²) < 4.78 is 7.78. The third-order valence-electron chi connectivity index (χ3n) is 15.8. The number of fused-ring (bicyclic) bond motifs is 9. The molecule has 2 fully saturated rings. The maximum absolute atomic E-state index is 2.53. The van der Waals surface area contributed by atoms with Crippen molar-refractivity contribution in [2.45, 2.75) is 141 Å². The van der Waals surface area contributed by atoms with Gasteiger partial charge in [0.2, 0.25) is 0 Å². The summed E-state index contributed by atoms with van der Waals surface area (Å²) in [5.74, 6) is 1.41. The van der Waals surface area contributed by atoms with E-state index in [1.807, 2.05) is 11.3 Å². The lowest BCUT2D eigenvalue weighted by Gasteiger charge is -2.35. The Hall–Kier alpha value is -4.86. The number of aromatic nitrogens is 2. The van der Waals surface area contributed by atoms with Crippen LogP contribution in [0.5, 0.6) is 0 Å². The molecule has 2 aliphatic rings. The van der Waals surface area contributed by atoms with E-state index in [0.717, 1.165) is 5.92 Å². The van der Waals surface area contributed by atoms with E-state index in [1.165, 1.54) is 202 Å². The van der Waals surface area contributed by atoms with Crippen LogP contribution in [0.2, 0.25) is 0 Å². The minimum Gasteiger partial charge on any atom is -0.309 e. The second-order valence-corrected chi connectivity index (χ2v) is 21.0. The highest BCUT2D eigenvalue weighted by molar-refractivity contribution is 7.26. The summed E-state index contributed by atoms with van der Waals surface area (Å²) in [6.45, 7) is 5.02. The van der Waals surface area contributed by atoms with E-state index in [-0.39, 0.29) is 5.41 Å². The number of thiophene rings is 1. The zero-order chi connectivity index (χ0) is 41.6. The Bertz CT molecular complexity index is 2990. The second kappa shape index (κ2) is 17.0. The first-order valence-corrected chi connectivity index (χ1v) is 25.4. The van der Waals surface area contributed by atoms with Crippen molar-refractivity contribution in [3.05, 3.63) is 132 Å². The van der Waals surface area contributed by atoms with Crippen LogP contribution in [0.4, 0.5) is 0 Å². The van der Waals surface area contributed by atoms with E-state index in [1.54, 1.807) is 0 Å². The van der Waals surface area contributed by atoms with Gasteiger partial charge in [-0.3, -0.25) is 0 Å². The molecule has 0 amide bonds. The van der Waals surface area contributed by atoms with Crippen LogP contribution in [0.1, 0.15) is 146 Å². The number of rotatable bonds is 5. The van der Waals surface area contributed by atoms with Crippen molar-refractivity contribution < 1.29 is 0 Å². The highest BCUT2D eigenvalue weighted by atomic mass is 32.1. The highest BCUT2D eigenvalue weighted by Gasteiger charge is 2.31. The average molecular weight is 833 g/mol. The van der Waals surface area contributed by atoms with Crippen molar-refractivity contribution in [2.75, 3.05) is 0 Å². The van der Waals surface area contributed by atoms with Crippen LogP contribution in [-0.2, 0) is 5.41 Å². The smallest absolute Gasteiger partial charge is 0.0548 e. The van der Waals surface area contributed by atoms with E-state index in [2.05, 4.69) is 144 Å². The molecule has 0 bridgehead atoms. The SMILES string of the molecule is CC(C)(c1ccc(-n2c3ccccc3c3cc4sc5cc6c7ccccc7n(-c7ccc(C8CCCCCCCCCC8)cc7)c6cc5c4cc32)cc1)C1CCCCCCCC1. The van der Waals surface area contributed by atoms with Gasteiger partial charge in [0.25, 0.3) is 0 Å². The Kier molecular flexibility index (Phi) is 11.0.